The van der Waals surface area contributed by atoms with Crippen molar-refractivity contribution in [1.82, 2.24) is 15.9 Å². The average molecular weight is 185 g/mol. The highest BCUT2D eigenvalue weighted by Crippen LogP contribution is 2.25. The summed E-state index contributed by atoms with van der Waals surface area (Å²) in [6.07, 6.45) is 5.20. The Balaban J connectivity index is 2.30. The summed E-state index contributed by atoms with van der Waals surface area (Å²) in [7, 11) is -2.33. The molecule has 2 rings (SSSR count). The van der Waals surface area contributed by atoms with Gasteiger partial charge in [0.15, 0.2) is 0 Å². The lowest BCUT2D eigenvalue weighted by atomic mass is 10.2. The summed E-state index contributed by atoms with van der Waals surface area (Å²) < 4.78 is 11.0. The minimum absolute atomic E-state index is 0.283. The molecule has 0 aliphatic carbocycles. The van der Waals surface area contributed by atoms with Crippen LogP contribution in [0.15, 0.2) is 24.0 Å². The van der Waals surface area contributed by atoms with Crippen LogP contribution in [0, 0.1) is 0 Å². The summed E-state index contributed by atoms with van der Waals surface area (Å²) >= 11 is 0. The molecule has 12 heavy (non-hydrogen) atoms. The summed E-state index contributed by atoms with van der Waals surface area (Å²) in [5, 5.41) is 5.26. The van der Waals surface area contributed by atoms with Crippen LogP contribution in [0.5, 0.6) is 0 Å². The van der Waals surface area contributed by atoms with Crippen LogP contribution in [0.4, 0.5) is 0 Å². The minimum Gasteiger partial charge on any atom is -0.376 e. The number of hydrazine groups is 1. The van der Waals surface area contributed by atoms with E-state index in [-0.39, 0.29) is 5.52 Å². The second-order valence-corrected chi connectivity index (χ2v) is 3.93. The van der Waals surface area contributed by atoms with Crippen molar-refractivity contribution in [2.45, 2.75) is 6.04 Å². The van der Waals surface area contributed by atoms with E-state index in [9.17, 15) is 9.36 Å². The van der Waals surface area contributed by atoms with E-state index in [1.54, 1.807) is 18.4 Å². The lowest BCUT2D eigenvalue weighted by molar-refractivity contribution is -0.113. The number of dihydropyridines is 1. The SMILES string of the molecule is O=C1C2NC=CC=C2NN[PH]1=O. The first-order chi connectivity index (χ1) is 5.79. The maximum atomic E-state index is 11.3. The van der Waals surface area contributed by atoms with Crippen molar-refractivity contribution in [3.63, 3.8) is 0 Å². The van der Waals surface area contributed by atoms with Gasteiger partial charge in [0, 0.05) is 0 Å². The fourth-order valence-electron chi connectivity index (χ4n) is 1.14. The zero-order valence-electron chi connectivity index (χ0n) is 6.13. The molecule has 1 saturated heterocycles. The van der Waals surface area contributed by atoms with Crippen molar-refractivity contribution in [2.24, 2.45) is 0 Å². The molecule has 0 saturated carbocycles. The second kappa shape index (κ2) is 2.77. The third-order valence-electron chi connectivity index (χ3n) is 1.75. The van der Waals surface area contributed by atoms with Crippen LogP contribution in [0.3, 0.4) is 0 Å². The molecule has 64 valence electrons. The average Bonchev–Trinajstić information content (AvgIpc) is 2.12. The summed E-state index contributed by atoms with van der Waals surface area (Å²) in [6, 6.07) is -0.456. The van der Waals surface area contributed by atoms with Crippen LogP contribution in [0.2, 0.25) is 0 Å². The number of hydrogen-bond acceptors (Lipinski definition) is 4. The third kappa shape index (κ3) is 1.07. The first-order valence-corrected chi connectivity index (χ1v) is 4.93. The highest BCUT2D eigenvalue weighted by Gasteiger charge is 2.31. The molecule has 0 aromatic carbocycles. The second-order valence-electron chi connectivity index (χ2n) is 2.52. The molecule has 0 amide bonds. The molecule has 0 radical (unpaired) electrons. The predicted molar refractivity (Wildman–Crippen MR) is 44.4 cm³/mol. The first kappa shape index (κ1) is 7.58. The molecular weight excluding hydrogens is 177 g/mol. The fourth-order valence-corrected chi connectivity index (χ4v) is 2.02. The number of carbonyl (C=O) groups excluding carboxylic acids is 1. The smallest absolute Gasteiger partial charge is 0.232 e. The van der Waals surface area contributed by atoms with Gasteiger partial charge in [-0.25, -0.2) is 0 Å². The zero-order chi connectivity index (χ0) is 8.55. The monoisotopic (exact) mass is 185 g/mol. The van der Waals surface area contributed by atoms with E-state index >= 15 is 0 Å². The molecule has 2 aliphatic rings. The Morgan fingerprint density at radius 3 is 3.17 bits per heavy atom. The van der Waals surface area contributed by atoms with Crippen molar-refractivity contribution in [2.75, 3.05) is 0 Å². The Hall–Kier alpha value is -1.06. The van der Waals surface area contributed by atoms with Gasteiger partial charge in [-0.15, -0.1) is 0 Å². The number of nitrogens with one attached hydrogen (secondary N) is 3. The van der Waals surface area contributed by atoms with Crippen molar-refractivity contribution >= 4 is 13.5 Å². The van der Waals surface area contributed by atoms with Gasteiger partial charge in [0.1, 0.15) is 6.04 Å². The van der Waals surface area contributed by atoms with Crippen molar-refractivity contribution in [3.8, 4) is 0 Å². The molecule has 0 spiro atoms. The van der Waals surface area contributed by atoms with E-state index < -0.39 is 14.0 Å². The summed E-state index contributed by atoms with van der Waals surface area (Å²) in [5.41, 5.74) is 3.14. The molecular formula is C6H8N3O2P. The molecule has 2 heterocycles. The minimum atomic E-state index is -2.33. The van der Waals surface area contributed by atoms with E-state index in [4.69, 9.17) is 0 Å². The van der Waals surface area contributed by atoms with Crippen LogP contribution < -0.4 is 15.9 Å². The molecule has 2 aliphatic heterocycles. The molecule has 2 unspecified atom stereocenters. The van der Waals surface area contributed by atoms with Crippen LogP contribution >= 0.6 is 7.95 Å². The Morgan fingerprint density at radius 1 is 1.50 bits per heavy atom. The van der Waals surface area contributed by atoms with Crippen molar-refractivity contribution in [3.05, 3.63) is 24.0 Å². The predicted octanol–water partition coefficient (Wildman–Crippen LogP) is -0.535. The first-order valence-electron chi connectivity index (χ1n) is 3.52. The van der Waals surface area contributed by atoms with Gasteiger partial charge in [0.25, 0.3) is 0 Å². The molecule has 0 aromatic rings. The topological polar surface area (TPSA) is 70.2 Å². The number of hydrogen-bond donors (Lipinski definition) is 3. The van der Waals surface area contributed by atoms with Crippen LogP contribution in [0.25, 0.3) is 0 Å². The van der Waals surface area contributed by atoms with E-state index in [0.717, 1.165) is 0 Å². The van der Waals surface area contributed by atoms with Gasteiger partial charge < -0.3 is 15.3 Å². The highest BCUT2D eigenvalue weighted by molar-refractivity contribution is 7.62. The normalized spacial score (nSPS) is 33.0. The van der Waals surface area contributed by atoms with Gasteiger partial charge in [0.2, 0.25) is 13.5 Å². The molecule has 6 heteroatoms. The van der Waals surface area contributed by atoms with Gasteiger partial charge in [-0.3, -0.25) is 4.79 Å². The van der Waals surface area contributed by atoms with Gasteiger partial charge in [-0.1, -0.05) is 0 Å². The van der Waals surface area contributed by atoms with E-state index in [2.05, 4.69) is 15.9 Å². The molecule has 3 N–H and O–H groups in total. The van der Waals surface area contributed by atoms with Crippen molar-refractivity contribution < 1.29 is 9.36 Å². The van der Waals surface area contributed by atoms with Gasteiger partial charge >= 0.3 is 0 Å². The Kier molecular flexibility index (Phi) is 1.75. The van der Waals surface area contributed by atoms with Gasteiger partial charge in [0.05, 0.1) is 5.70 Å². The van der Waals surface area contributed by atoms with E-state index in [1.807, 2.05) is 0 Å². The molecule has 5 nitrogen and oxygen atoms in total. The van der Waals surface area contributed by atoms with Crippen LogP contribution in [-0.4, -0.2) is 11.6 Å². The van der Waals surface area contributed by atoms with Gasteiger partial charge in [-0.2, -0.15) is 5.20 Å². The molecule has 0 bridgehead atoms. The van der Waals surface area contributed by atoms with Crippen LogP contribution in [-0.2, 0) is 9.36 Å². The highest BCUT2D eigenvalue weighted by atomic mass is 31.1. The quantitative estimate of drug-likeness (QED) is 0.442. The Morgan fingerprint density at radius 2 is 2.33 bits per heavy atom. The largest absolute Gasteiger partial charge is 0.376 e. The summed E-state index contributed by atoms with van der Waals surface area (Å²) in [4.78, 5) is 11.3. The van der Waals surface area contributed by atoms with Crippen LogP contribution in [0.1, 0.15) is 0 Å². The van der Waals surface area contributed by atoms with Crippen molar-refractivity contribution in [1.29, 1.82) is 0 Å². The van der Waals surface area contributed by atoms with Gasteiger partial charge in [-0.05, 0) is 18.4 Å². The lowest BCUT2D eigenvalue weighted by Crippen LogP contribution is -2.48. The Bertz CT molecular complexity index is 310. The number of rotatable bonds is 0. The Labute approximate surface area is 69.7 Å². The molecule has 2 atom stereocenters. The maximum Gasteiger partial charge on any atom is 0.232 e. The fraction of sp³-hybridized carbons (Fsp3) is 0.167. The van der Waals surface area contributed by atoms with E-state index in [1.165, 1.54) is 0 Å². The summed E-state index contributed by atoms with van der Waals surface area (Å²) in [6.45, 7) is 0. The van der Waals surface area contributed by atoms with E-state index in [0.29, 0.717) is 5.70 Å². The lowest BCUT2D eigenvalue weighted by Gasteiger charge is -2.27. The molecule has 0 aromatic heterocycles. The number of fused-ring (bicyclic) bond motifs is 1. The summed E-state index contributed by atoms with van der Waals surface area (Å²) in [5.74, 6) is 0. The standard InChI is InChI=1S/C6H8N3O2P/c10-6-5-4(2-1-3-7-5)8-9-12(6)11/h1-3,5,7-8,12H,(H,9,11). The maximum absolute atomic E-state index is 11.3. The number of allylic oxidation sites excluding steroid dienone is 2. The number of carbonyl (C=O) groups is 1. The third-order valence-corrected chi connectivity index (χ3v) is 2.84. The zero-order valence-corrected chi connectivity index (χ0v) is 7.13. The molecule has 1 fully saturated rings.